The standard InChI is InChI=1S/C21H21ClF3N3O3/c1-12-7-5-9-15(19(28-30-4)20(29)26-3)16(12)11-31-27-13(2)14-8-6-10-17(22)18(14)21(23,24)25/h5-10H,11H2,1-4H3,(H,26,29)/b27-13+,28-19+. The third-order valence-electron chi connectivity index (χ3n) is 4.39. The van der Waals surface area contributed by atoms with Crippen molar-refractivity contribution in [2.45, 2.75) is 26.6 Å². The SMILES string of the molecule is CNC(=O)/C(=N/OC)c1cccc(C)c1CO/N=C(\C)c1cccc(Cl)c1C(F)(F)F. The predicted molar refractivity (Wildman–Crippen MR) is 112 cm³/mol. The van der Waals surface area contributed by atoms with Gasteiger partial charge in [0.2, 0.25) is 0 Å². The van der Waals surface area contributed by atoms with E-state index in [2.05, 4.69) is 15.6 Å². The van der Waals surface area contributed by atoms with E-state index in [1.165, 1.54) is 33.2 Å². The molecule has 0 saturated heterocycles. The van der Waals surface area contributed by atoms with Gasteiger partial charge in [-0.25, -0.2) is 0 Å². The van der Waals surface area contributed by atoms with Gasteiger partial charge >= 0.3 is 6.18 Å². The van der Waals surface area contributed by atoms with E-state index in [1.54, 1.807) is 25.1 Å². The Bertz CT molecular complexity index is 1020. The van der Waals surface area contributed by atoms with Crippen molar-refractivity contribution in [2.75, 3.05) is 14.2 Å². The zero-order valence-corrected chi connectivity index (χ0v) is 18.1. The number of amides is 1. The molecule has 31 heavy (non-hydrogen) atoms. The summed E-state index contributed by atoms with van der Waals surface area (Å²) in [5.41, 5.74) is 0.679. The summed E-state index contributed by atoms with van der Waals surface area (Å²) in [7, 11) is 2.77. The van der Waals surface area contributed by atoms with Crippen LogP contribution in [0.2, 0.25) is 5.02 Å². The summed E-state index contributed by atoms with van der Waals surface area (Å²) >= 11 is 5.76. The maximum atomic E-state index is 13.4. The lowest BCUT2D eigenvalue weighted by molar-refractivity contribution is -0.137. The van der Waals surface area contributed by atoms with Gasteiger partial charge in [0, 0.05) is 23.7 Å². The summed E-state index contributed by atoms with van der Waals surface area (Å²) < 4.78 is 40.2. The monoisotopic (exact) mass is 455 g/mol. The van der Waals surface area contributed by atoms with Crippen molar-refractivity contribution >= 4 is 28.9 Å². The van der Waals surface area contributed by atoms with E-state index in [9.17, 15) is 18.0 Å². The Labute approximate surface area is 182 Å². The van der Waals surface area contributed by atoms with E-state index in [1.807, 2.05) is 0 Å². The molecule has 2 aromatic rings. The van der Waals surface area contributed by atoms with E-state index in [0.29, 0.717) is 11.1 Å². The fourth-order valence-electron chi connectivity index (χ4n) is 2.89. The topological polar surface area (TPSA) is 72.3 Å². The Morgan fingerprint density at radius 1 is 1.13 bits per heavy atom. The molecule has 0 radical (unpaired) electrons. The van der Waals surface area contributed by atoms with Gasteiger partial charge in [0.15, 0.2) is 5.71 Å². The molecule has 0 aliphatic carbocycles. The van der Waals surface area contributed by atoms with Crippen LogP contribution >= 0.6 is 11.6 Å². The molecule has 0 unspecified atom stereocenters. The number of nitrogens with one attached hydrogen (secondary N) is 1. The number of hydrogen-bond acceptors (Lipinski definition) is 5. The maximum Gasteiger partial charge on any atom is 0.418 e. The first-order valence-electron chi connectivity index (χ1n) is 9.06. The van der Waals surface area contributed by atoms with Crippen LogP contribution in [0.5, 0.6) is 0 Å². The van der Waals surface area contributed by atoms with Gasteiger partial charge in [-0.3, -0.25) is 4.79 Å². The lowest BCUT2D eigenvalue weighted by atomic mass is 9.98. The van der Waals surface area contributed by atoms with Crippen LogP contribution in [-0.4, -0.2) is 31.5 Å². The Morgan fingerprint density at radius 3 is 2.39 bits per heavy atom. The molecular formula is C21H21ClF3N3O3. The zero-order chi connectivity index (χ0) is 23.2. The Balaban J connectivity index is 2.37. The number of carbonyl (C=O) groups excluding carboxylic acids is 1. The summed E-state index contributed by atoms with van der Waals surface area (Å²) in [6, 6.07) is 9.03. The van der Waals surface area contributed by atoms with Crippen molar-refractivity contribution in [1.29, 1.82) is 0 Å². The van der Waals surface area contributed by atoms with Gasteiger partial charge in [-0.2, -0.15) is 13.2 Å². The normalized spacial score (nSPS) is 12.5. The molecule has 0 atom stereocenters. The minimum absolute atomic E-state index is 0.00189. The van der Waals surface area contributed by atoms with Gasteiger partial charge in [0.25, 0.3) is 5.91 Å². The fourth-order valence-corrected chi connectivity index (χ4v) is 3.18. The lowest BCUT2D eigenvalue weighted by Gasteiger charge is -2.15. The smallest absolute Gasteiger partial charge is 0.398 e. The highest BCUT2D eigenvalue weighted by Gasteiger charge is 2.36. The van der Waals surface area contributed by atoms with Gasteiger partial charge in [-0.15, -0.1) is 0 Å². The van der Waals surface area contributed by atoms with Gasteiger partial charge in [-0.1, -0.05) is 52.2 Å². The summed E-state index contributed by atoms with van der Waals surface area (Å²) in [5, 5.41) is 9.68. The van der Waals surface area contributed by atoms with E-state index in [0.717, 1.165) is 11.6 Å². The first-order valence-corrected chi connectivity index (χ1v) is 9.44. The van der Waals surface area contributed by atoms with Crippen LogP contribution in [0.25, 0.3) is 0 Å². The number of oxime groups is 2. The molecule has 0 aliphatic rings. The zero-order valence-electron chi connectivity index (χ0n) is 17.3. The molecule has 0 aliphatic heterocycles. The quantitative estimate of drug-likeness (QED) is 0.485. The van der Waals surface area contributed by atoms with Crippen molar-refractivity contribution in [3.8, 4) is 0 Å². The molecule has 6 nitrogen and oxygen atoms in total. The van der Waals surface area contributed by atoms with Crippen molar-refractivity contribution in [3.63, 3.8) is 0 Å². The van der Waals surface area contributed by atoms with E-state index >= 15 is 0 Å². The second-order valence-electron chi connectivity index (χ2n) is 6.41. The van der Waals surface area contributed by atoms with Crippen LogP contribution < -0.4 is 5.32 Å². The molecule has 1 amide bonds. The molecule has 0 spiro atoms. The molecule has 0 heterocycles. The van der Waals surface area contributed by atoms with Gasteiger partial charge < -0.3 is 15.0 Å². The maximum absolute atomic E-state index is 13.4. The third-order valence-corrected chi connectivity index (χ3v) is 4.70. The second-order valence-corrected chi connectivity index (χ2v) is 6.82. The van der Waals surface area contributed by atoms with Crippen LogP contribution in [0.4, 0.5) is 13.2 Å². The van der Waals surface area contributed by atoms with Crippen LogP contribution in [0.15, 0.2) is 46.7 Å². The van der Waals surface area contributed by atoms with E-state index in [-0.39, 0.29) is 23.6 Å². The average Bonchev–Trinajstić information content (AvgIpc) is 2.71. The number of carbonyl (C=O) groups is 1. The summed E-state index contributed by atoms with van der Waals surface area (Å²) in [4.78, 5) is 22.3. The first-order chi connectivity index (χ1) is 14.6. The minimum atomic E-state index is -4.65. The number of alkyl halides is 3. The fraction of sp³-hybridized carbons (Fsp3) is 0.286. The van der Waals surface area contributed by atoms with E-state index in [4.69, 9.17) is 21.3 Å². The number of hydrogen-bond donors (Lipinski definition) is 1. The molecule has 0 bridgehead atoms. The molecule has 2 aromatic carbocycles. The highest BCUT2D eigenvalue weighted by molar-refractivity contribution is 6.45. The number of likely N-dealkylation sites (N-methyl/N-ethyl adjacent to an activating group) is 1. The largest absolute Gasteiger partial charge is 0.418 e. The van der Waals surface area contributed by atoms with Crippen LogP contribution in [-0.2, 0) is 27.3 Å². The Hall–Kier alpha value is -3.07. The Morgan fingerprint density at radius 2 is 1.77 bits per heavy atom. The minimum Gasteiger partial charge on any atom is -0.398 e. The molecule has 2 rings (SSSR count). The average molecular weight is 456 g/mol. The molecule has 0 fully saturated rings. The first kappa shape index (κ1) is 24.2. The van der Waals surface area contributed by atoms with Gasteiger partial charge in [-0.05, 0) is 25.5 Å². The lowest BCUT2D eigenvalue weighted by Crippen LogP contribution is -2.29. The number of nitrogens with zero attached hydrogens (tertiary/aromatic N) is 2. The van der Waals surface area contributed by atoms with Crippen molar-refractivity contribution in [1.82, 2.24) is 5.32 Å². The molecule has 166 valence electrons. The van der Waals surface area contributed by atoms with Crippen LogP contribution in [0, 0.1) is 6.92 Å². The third kappa shape index (κ3) is 5.75. The van der Waals surface area contributed by atoms with Crippen molar-refractivity contribution in [3.05, 3.63) is 69.2 Å². The summed E-state index contributed by atoms with van der Waals surface area (Å²) in [5.74, 6) is -0.470. The molecule has 10 heteroatoms. The van der Waals surface area contributed by atoms with Crippen LogP contribution in [0.1, 0.15) is 34.7 Å². The number of aryl methyl sites for hydroxylation is 1. The van der Waals surface area contributed by atoms with Gasteiger partial charge in [0.05, 0.1) is 16.3 Å². The van der Waals surface area contributed by atoms with E-state index < -0.39 is 22.7 Å². The number of benzene rings is 2. The summed E-state index contributed by atoms with van der Waals surface area (Å²) in [6.07, 6.45) is -4.65. The highest BCUT2D eigenvalue weighted by atomic mass is 35.5. The van der Waals surface area contributed by atoms with Crippen molar-refractivity contribution in [2.24, 2.45) is 10.3 Å². The van der Waals surface area contributed by atoms with Gasteiger partial charge in [0.1, 0.15) is 13.7 Å². The molecule has 0 aromatic heterocycles. The predicted octanol–water partition coefficient (Wildman–Crippen LogP) is 4.70. The highest BCUT2D eigenvalue weighted by Crippen LogP contribution is 2.37. The van der Waals surface area contributed by atoms with Crippen LogP contribution in [0.3, 0.4) is 0 Å². The number of halogens is 4. The molecular weight excluding hydrogens is 435 g/mol. The second kappa shape index (κ2) is 10.3. The number of rotatable bonds is 7. The molecule has 0 saturated carbocycles. The van der Waals surface area contributed by atoms with Crippen molar-refractivity contribution < 1.29 is 27.6 Å². The summed E-state index contributed by atoms with van der Waals surface area (Å²) in [6.45, 7) is 3.08. The Kier molecular flexibility index (Phi) is 8.04. The molecule has 1 N–H and O–H groups in total.